The van der Waals surface area contributed by atoms with E-state index in [-0.39, 0.29) is 22.1 Å². The smallest absolute Gasteiger partial charge is 0.273 e. The minimum Gasteiger partial charge on any atom is -0.870 e. The summed E-state index contributed by atoms with van der Waals surface area (Å²) < 4.78 is 4.79. The summed E-state index contributed by atoms with van der Waals surface area (Å²) in [7, 11) is 2.86. The molecule has 0 heterocycles. The van der Waals surface area contributed by atoms with Crippen LogP contribution in [0.1, 0.15) is 5.56 Å². The highest BCUT2D eigenvalue weighted by Gasteiger charge is 2.11. The van der Waals surface area contributed by atoms with Gasteiger partial charge in [-0.2, -0.15) is 5.10 Å². The molecule has 1 aromatic rings. The second-order valence-corrected chi connectivity index (χ2v) is 3.68. The van der Waals surface area contributed by atoms with Crippen molar-refractivity contribution in [2.24, 2.45) is 5.10 Å². The van der Waals surface area contributed by atoms with Crippen molar-refractivity contribution < 1.29 is 14.8 Å². The molecule has 19 heavy (non-hydrogen) atoms. The van der Waals surface area contributed by atoms with Gasteiger partial charge in [-0.05, 0) is 17.8 Å². The summed E-state index contributed by atoms with van der Waals surface area (Å²) in [6.45, 7) is 0. The lowest BCUT2D eigenvalue weighted by atomic mass is 10.2. The van der Waals surface area contributed by atoms with Crippen molar-refractivity contribution in [3.05, 3.63) is 27.8 Å². The van der Waals surface area contributed by atoms with Crippen LogP contribution in [0.25, 0.3) is 0 Å². The molecule has 1 aromatic carbocycles. The van der Waals surface area contributed by atoms with E-state index < -0.39 is 10.7 Å². The van der Waals surface area contributed by atoms with Crippen LogP contribution in [0.15, 0.2) is 17.2 Å². The number of nitrogens with one attached hydrogen (secondary N) is 2. The van der Waals surface area contributed by atoms with Gasteiger partial charge in [0.1, 0.15) is 5.75 Å². The lowest BCUT2D eigenvalue weighted by Gasteiger charge is -2.14. The Kier molecular flexibility index (Phi) is 5.01. The highest BCUT2D eigenvalue weighted by atomic mass is 32.1. The van der Waals surface area contributed by atoms with Gasteiger partial charge in [0.2, 0.25) is 0 Å². The third kappa shape index (κ3) is 3.78. The van der Waals surface area contributed by atoms with Gasteiger partial charge in [0, 0.05) is 13.1 Å². The van der Waals surface area contributed by atoms with Gasteiger partial charge < -0.3 is 15.2 Å². The molecule has 0 spiro atoms. The van der Waals surface area contributed by atoms with E-state index in [4.69, 9.17) is 17.0 Å². The van der Waals surface area contributed by atoms with E-state index in [0.29, 0.717) is 0 Å². The van der Waals surface area contributed by atoms with E-state index in [1.807, 2.05) is 0 Å². The van der Waals surface area contributed by atoms with Crippen LogP contribution in [0.5, 0.6) is 11.5 Å². The number of ether oxygens (including phenoxy) is 1. The first-order valence-corrected chi connectivity index (χ1v) is 5.44. The first-order valence-electron chi connectivity index (χ1n) is 5.03. The number of non-ortho nitro benzene ring substituents is 1. The van der Waals surface area contributed by atoms with Crippen LogP contribution >= 0.6 is 12.2 Å². The van der Waals surface area contributed by atoms with E-state index in [0.717, 1.165) is 18.3 Å². The topological polar surface area (TPSA) is 112 Å². The summed E-state index contributed by atoms with van der Waals surface area (Å²) in [5.74, 6) is -0.610. The number of thiocarbonyl (C=S) groups is 1. The highest BCUT2D eigenvalue weighted by Crippen LogP contribution is 2.31. The Morgan fingerprint density at radius 1 is 1.58 bits per heavy atom. The lowest BCUT2D eigenvalue weighted by molar-refractivity contribution is -0.385. The summed E-state index contributed by atoms with van der Waals surface area (Å²) >= 11 is 4.77. The third-order valence-electron chi connectivity index (χ3n) is 2.10. The van der Waals surface area contributed by atoms with Crippen LogP contribution < -0.4 is 20.6 Å². The lowest BCUT2D eigenvalue weighted by Crippen LogP contribution is -2.28. The van der Waals surface area contributed by atoms with E-state index in [1.165, 1.54) is 7.11 Å². The number of nitro groups is 1. The number of hydrogen-bond donors (Lipinski definition) is 2. The van der Waals surface area contributed by atoms with Crippen LogP contribution in [0.3, 0.4) is 0 Å². The molecule has 8 nitrogen and oxygen atoms in total. The molecule has 0 radical (unpaired) electrons. The van der Waals surface area contributed by atoms with Gasteiger partial charge in [0.15, 0.2) is 5.11 Å². The standard InChI is InChI=1S/C10H12N4O4S/c1-11-10(19)13-12-5-6-3-7(14(16)17)4-8(18-2)9(6)15/h3-5,15H,1-2H3,(H2,11,13,19)/p-1/b12-5-. The first kappa shape index (κ1) is 14.6. The summed E-state index contributed by atoms with van der Waals surface area (Å²) in [5.41, 5.74) is 2.20. The van der Waals surface area contributed by atoms with Gasteiger partial charge in [-0.1, -0.05) is 5.75 Å². The summed E-state index contributed by atoms with van der Waals surface area (Å²) in [5, 5.41) is 29.1. The molecule has 102 valence electrons. The third-order valence-corrected chi connectivity index (χ3v) is 2.39. The minimum absolute atomic E-state index is 0.0254. The van der Waals surface area contributed by atoms with Gasteiger partial charge >= 0.3 is 0 Å². The highest BCUT2D eigenvalue weighted by molar-refractivity contribution is 7.80. The summed E-state index contributed by atoms with van der Waals surface area (Å²) in [4.78, 5) is 10.1. The van der Waals surface area contributed by atoms with Gasteiger partial charge in [-0.25, -0.2) is 0 Å². The van der Waals surface area contributed by atoms with Gasteiger partial charge in [0.25, 0.3) is 5.69 Å². The normalized spacial score (nSPS) is 10.2. The van der Waals surface area contributed by atoms with Crippen LogP contribution in [-0.2, 0) is 0 Å². The minimum atomic E-state index is -0.620. The second kappa shape index (κ2) is 6.50. The number of nitrogens with zero attached hydrogens (tertiary/aromatic N) is 2. The molecule has 2 N–H and O–H groups in total. The zero-order chi connectivity index (χ0) is 14.4. The molecular weight excluding hydrogens is 272 g/mol. The van der Waals surface area contributed by atoms with Crippen LogP contribution in [0, 0.1) is 10.1 Å². The predicted octanol–water partition coefficient (Wildman–Crippen LogP) is 0.105. The van der Waals surface area contributed by atoms with Gasteiger partial charge in [0.05, 0.1) is 24.3 Å². The maximum absolute atomic E-state index is 11.8. The van der Waals surface area contributed by atoms with Crippen LogP contribution in [0.2, 0.25) is 0 Å². The Balaban J connectivity index is 3.08. The molecule has 0 aliphatic rings. The van der Waals surface area contributed by atoms with Crippen molar-refractivity contribution in [1.82, 2.24) is 10.7 Å². The van der Waals surface area contributed by atoms with E-state index in [9.17, 15) is 15.2 Å². The Morgan fingerprint density at radius 2 is 2.26 bits per heavy atom. The molecule has 1 rings (SSSR count). The Hall–Kier alpha value is -2.42. The largest absolute Gasteiger partial charge is 0.870 e. The van der Waals surface area contributed by atoms with E-state index >= 15 is 0 Å². The van der Waals surface area contributed by atoms with Crippen LogP contribution in [-0.4, -0.2) is 30.4 Å². The van der Waals surface area contributed by atoms with Crippen molar-refractivity contribution in [3.63, 3.8) is 0 Å². The first-order chi connectivity index (χ1) is 8.99. The molecule has 0 fully saturated rings. The van der Waals surface area contributed by atoms with Gasteiger partial charge in [-0.3, -0.25) is 15.5 Å². The monoisotopic (exact) mass is 283 g/mol. The van der Waals surface area contributed by atoms with Crippen molar-refractivity contribution in [2.75, 3.05) is 14.2 Å². The second-order valence-electron chi connectivity index (χ2n) is 3.27. The number of rotatable bonds is 4. The fraction of sp³-hybridized carbons (Fsp3) is 0.200. The summed E-state index contributed by atoms with van der Waals surface area (Å²) in [6, 6.07) is 2.17. The Labute approximate surface area is 114 Å². The molecule has 0 aliphatic heterocycles. The zero-order valence-corrected chi connectivity index (χ0v) is 11.0. The number of methoxy groups -OCH3 is 1. The number of nitro benzene ring substituents is 1. The molecule has 0 amide bonds. The molecule has 0 unspecified atom stereocenters. The van der Waals surface area contributed by atoms with Crippen molar-refractivity contribution in [3.8, 4) is 11.5 Å². The number of benzene rings is 1. The average molecular weight is 283 g/mol. The molecule has 0 aliphatic carbocycles. The Bertz CT molecular complexity index is 533. The average Bonchev–Trinajstić information content (AvgIpc) is 2.40. The van der Waals surface area contributed by atoms with Crippen molar-refractivity contribution in [2.45, 2.75) is 0 Å². The fourth-order valence-electron chi connectivity index (χ4n) is 1.18. The quantitative estimate of drug-likeness (QED) is 0.349. The van der Waals surface area contributed by atoms with Crippen molar-refractivity contribution in [1.29, 1.82) is 0 Å². The van der Waals surface area contributed by atoms with Crippen LogP contribution in [0.4, 0.5) is 5.69 Å². The van der Waals surface area contributed by atoms with Gasteiger partial charge in [-0.15, -0.1) is 0 Å². The predicted molar refractivity (Wildman–Crippen MR) is 71.5 cm³/mol. The fourth-order valence-corrected chi connectivity index (χ4v) is 1.23. The number of hydrazone groups is 1. The van der Waals surface area contributed by atoms with E-state index in [2.05, 4.69) is 15.8 Å². The zero-order valence-electron chi connectivity index (χ0n) is 10.2. The number of hydrogen-bond acceptors (Lipinski definition) is 6. The van der Waals surface area contributed by atoms with E-state index in [1.54, 1.807) is 7.05 Å². The maximum Gasteiger partial charge on any atom is 0.273 e. The molecule has 9 heteroatoms. The Morgan fingerprint density at radius 3 is 2.79 bits per heavy atom. The maximum atomic E-state index is 11.8. The SMILES string of the molecule is CNC(=S)N/N=C\c1cc([N+](=O)[O-])cc(OC)c1[O-]. The molecule has 0 bridgehead atoms. The molecule has 0 saturated heterocycles. The molecular formula is C10H11N4O4S-. The molecule has 0 saturated carbocycles. The summed E-state index contributed by atoms with van der Waals surface area (Å²) in [6.07, 6.45) is 1.14. The molecule has 0 aromatic heterocycles. The van der Waals surface area contributed by atoms with Crippen molar-refractivity contribution >= 4 is 29.2 Å². The molecule has 0 atom stereocenters.